The maximum Gasteiger partial charge on any atom is 0.0585 e. The number of hydrogen-bond donors (Lipinski definition) is 1. The van der Waals surface area contributed by atoms with Gasteiger partial charge in [-0.2, -0.15) is 0 Å². The van der Waals surface area contributed by atoms with Crippen molar-refractivity contribution in [3.05, 3.63) is 130 Å². The minimum absolute atomic E-state index is 0.0126. The molecular weight excluding hydrogens is 496 g/mol. The fraction of sp³-hybridized carbons (Fsp3) is 0.450. The smallest absolute Gasteiger partial charge is 0.0585 e. The summed E-state index contributed by atoms with van der Waals surface area (Å²) in [6, 6.07) is 0. The lowest BCUT2D eigenvalue weighted by Gasteiger charge is -2.36. The summed E-state index contributed by atoms with van der Waals surface area (Å²) in [7, 11) is 0. The molecule has 0 saturated heterocycles. The first kappa shape index (κ1) is 34.3. The van der Waals surface area contributed by atoms with Crippen LogP contribution in [0.3, 0.4) is 0 Å². The molecule has 2 unspecified atom stereocenters. The molecule has 0 amide bonds. The normalized spacial score (nSPS) is 25.1. The quantitative estimate of drug-likeness (QED) is 0.211. The van der Waals surface area contributed by atoms with Crippen LogP contribution in [0.5, 0.6) is 0 Å². The van der Waals surface area contributed by atoms with Crippen LogP contribution in [0.1, 0.15) is 94.9 Å². The fourth-order valence-electron chi connectivity index (χ4n) is 5.97. The third-order valence-electron chi connectivity index (χ3n) is 8.39. The molecule has 2 atom stereocenters. The van der Waals surface area contributed by atoms with Crippen molar-refractivity contribution in [2.75, 3.05) is 0 Å². The number of rotatable bonds is 10. The topological polar surface area (TPSA) is 20.2 Å². The highest BCUT2D eigenvalue weighted by molar-refractivity contribution is 5.38. The van der Waals surface area contributed by atoms with Gasteiger partial charge >= 0.3 is 0 Å². The SMILES string of the molecule is CC(C=CC1C(C)=CCCC1(C)C)=CC=CC(C)=C/C=C/C=C(C)/C=C/C=C(C)/C=C/C1=C(C)CC(O)CC1(C)C. The minimum Gasteiger partial charge on any atom is -0.393 e. The summed E-state index contributed by atoms with van der Waals surface area (Å²) in [6.45, 7) is 22.2. The van der Waals surface area contributed by atoms with Crippen molar-refractivity contribution in [1.82, 2.24) is 0 Å². The summed E-state index contributed by atoms with van der Waals surface area (Å²) < 4.78 is 0. The van der Waals surface area contributed by atoms with E-state index < -0.39 is 0 Å². The zero-order valence-corrected chi connectivity index (χ0v) is 27.6. The van der Waals surface area contributed by atoms with Crippen LogP contribution in [-0.2, 0) is 0 Å². The molecule has 1 heteroatoms. The fourth-order valence-corrected chi connectivity index (χ4v) is 5.97. The van der Waals surface area contributed by atoms with Crippen LogP contribution < -0.4 is 0 Å². The average Bonchev–Trinajstić information content (AvgIpc) is 2.84. The van der Waals surface area contributed by atoms with E-state index in [9.17, 15) is 5.11 Å². The van der Waals surface area contributed by atoms with E-state index in [2.05, 4.69) is 160 Å². The Kier molecular flexibility index (Phi) is 13.3. The van der Waals surface area contributed by atoms with Gasteiger partial charge in [-0.1, -0.05) is 152 Å². The van der Waals surface area contributed by atoms with E-state index in [4.69, 9.17) is 0 Å². The van der Waals surface area contributed by atoms with Gasteiger partial charge in [-0.15, -0.1) is 0 Å². The standard InChI is InChI=1S/C40H56O/c1-30(18-13-20-32(3)23-25-37-34(5)22-15-27-39(37,7)8)16-11-12-17-31(2)19-14-21-33(4)24-26-38-35(6)28-36(41)29-40(38,9)10/h11-14,16-26,36-37,41H,15,27-29H2,1-10H3/b12-11+,18-13?,19-14+,25-23?,26-24+,30-16?,31-17+,32-20?,33-21+. The molecule has 0 fully saturated rings. The highest BCUT2D eigenvalue weighted by Crippen LogP contribution is 2.42. The Balaban J connectivity index is 1.89. The Morgan fingerprint density at radius 1 is 0.756 bits per heavy atom. The number of hydrogen-bond acceptors (Lipinski definition) is 1. The number of allylic oxidation sites excluding steroid dienone is 21. The van der Waals surface area contributed by atoms with Gasteiger partial charge in [-0.3, -0.25) is 0 Å². The van der Waals surface area contributed by atoms with E-state index in [0.29, 0.717) is 11.3 Å². The monoisotopic (exact) mass is 552 g/mol. The van der Waals surface area contributed by atoms with Crippen molar-refractivity contribution in [2.24, 2.45) is 16.7 Å². The lowest BCUT2D eigenvalue weighted by atomic mass is 9.68. The van der Waals surface area contributed by atoms with Crippen molar-refractivity contribution in [3.63, 3.8) is 0 Å². The predicted molar refractivity (Wildman–Crippen MR) is 183 cm³/mol. The second kappa shape index (κ2) is 15.9. The molecule has 222 valence electrons. The second-order valence-electron chi connectivity index (χ2n) is 13.5. The molecule has 0 aliphatic heterocycles. The molecule has 41 heavy (non-hydrogen) atoms. The highest BCUT2D eigenvalue weighted by atomic mass is 16.3. The van der Waals surface area contributed by atoms with Crippen LogP contribution in [0.15, 0.2) is 130 Å². The lowest BCUT2D eigenvalue weighted by molar-refractivity contribution is 0.116. The Bertz CT molecular complexity index is 1240. The molecule has 0 saturated carbocycles. The van der Waals surface area contributed by atoms with E-state index >= 15 is 0 Å². The van der Waals surface area contributed by atoms with Crippen LogP contribution >= 0.6 is 0 Å². The van der Waals surface area contributed by atoms with E-state index in [1.54, 1.807) is 0 Å². The molecule has 0 spiro atoms. The maximum absolute atomic E-state index is 10.1. The molecule has 2 aliphatic rings. The number of aliphatic hydroxyl groups is 1. The minimum atomic E-state index is -0.221. The van der Waals surface area contributed by atoms with Crippen LogP contribution in [0.4, 0.5) is 0 Å². The third kappa shape index (κ3) is 11.9. The largest absolute Gasteiger partial charge is 0.393 e. The second-order valence-corrected chi connectivity index (χ2v) is 13.5. The molecule has 0 aromatic heterocycles. The molecule has 1 nitrogen and oxygen atoms in total. The Labute approximate surface area is 252 Å². The molecule has 0 aromatic carbocycles. The van der Waals surface area contributed by atoms with Gasteiger partial charge < -0.3 is 5.11 Å². The zero-order valence-electron chi connectivity index (χ0n) is 27.6. The Hall–Kier alpha value is -2.90. The molecule has 0 radical (unpaired) electrons. The third-order valence-corrected chi connectivity index (χ3v) is 8.39. The van der Waals surface area contributed by atoms with Crippen molar-refractivity contribution >= 4 is 0 Å². The van der Waals surface area contributed by atoms with E-state index in [1.807, 2.05) is 0 Å². The Morgan fingerprint density at radius 3 is 1.80 bits per heavy atom. The molecule has 0 bridgehead atoms. The summed E-state index contributed by atoms with van der Waals surface area (Å²) in [5, 5.41) is 10.1. The highest BCUT2D eigenvalue weighted by Gasteiger charge is 2.31. The molecule has 0 aromatic rings. The van der Waals surface area contributed by atoms with E-state index in [1.165, 1.54) is 51.9 Å². The van der Waals surface area contributed by atoms with Gasteiger partial charge in [-0.25, -0.2) is 0 Å². The number of aliphatic hydroxyl groups excluding tert-OH is 1. The first-order chi connectivity index (χ1) is 19.2. The average molecular weight is 553 g/mol. The van der Waals surface area contributed by atoms with Gasteiger partial charge in [0.05, 0.1) is 6.10 Å². The van der Waals surface area contributed by atoms with Gasteiger partial charge in [0.2, 0.25) is 0 Å². The van der Waals surface area contributed by atoms with Gasteiger partial charge in [0.25, 0.3) is 0 Å². The molecule has 2 aliphatic carbocycles. The van der Waals surface area contributed by atoms with E-state index in [0.717, 1.165) is 12.8 Å². The lowest BCUT2D eigenvalue weighted by Crippen LogP contribution is -2.28. The van der Waals surface area contributed by atoms with Gasteiger partial charge in [0, 0.05) is 5.92 Å². The summed E-state index contributed by atoms with van der Waals surface area (Å²) in [5.74, 6) is 0.524. The first-order valence-electron chi connectivity index (χ1n) is 15.3. The van der Waals surface area contributed by atoms with Crippen LogP contribution in [0, 0.1) is 16.7 Å². The van der Waals surface area contributed by atoms with Gasteiger partial charge in [0.15, 0.2) is 0 Å². The molecule has 1 N–H and O–H groups in total. The maximum atomic E-state index is 10.1. The van der Waals surface area contributed by atoms with Crippen molar-refractivity contribution in [3.8, 4) is 0 Å². The first-order valence-corrected chi connectivity index (χ1v) is 15.3. The van der Waals surface area contributed by atoms with Crippen LogP contribution in [-0.4, -0.2) is 11.2 Å². The Morgan fingerprint density at radius 2 is 1.27 bits per heavy atom. The summed E-state index contributed by atoms with van der Waals surface area (Å²) in [6.07, 6.45) is 36.6. The molecule has 2 rings (SSSR count). The molecular formula is C40H56O. The van der Waals surface area contributed by atoms with E-state index in [-0.39, 0.29) is 11.5 Å². The predicted octanol–water partition coefficient (Wildman–Crippen LogP) is 11.4. The van der Waals surface area contributed by atoms with Crippen molar-refractivity contribution in [1.29, 1.82) is 0 Å². The molecule has 0 heterocycles. The summed E-state index contributed by atoms with van der Waals surface area (Å²) >= 11 is 0. The van der Waals surface area contributed by atoms with Crippen LogP contribution in [0.2, 0.25) is 0 Å². The van der Waals surface area contributed by atoms with Gasteiger partial charge in [0.1, 0.15) is 0 Å². The van der Waals surface area contributed by atoms with Crippen molar-refractivity contribution in [2.45, 2.75) is 101 Å². The van der Waals surface area contributed by atoms with Crippen LogP contribution in [0.25, 0.3) is 0 Å². The summed E-state index contributed by atoms with van der Waals surface area (Å²) in [4.78, 5) is 0. The van der Waals surface area contributed by atoms with Gasteiger partial charge in [-0.05, 0) is 83.6 Å². The zero-order chi connectivity index (χ0) is 30.6. The summed E-state index contributed by atoms with van der Waals surface area (Å²) in [5.41, 5.74) is 9.40. The van der Waals surface area contributed by atoms with Crippen molar-refractivity contribution < 1.29 is 5.11 Å².